The van der Waals surface area contributed by atoms with Gasteiger partial charge < -0.3 is 14.7 Å². The summed E-state index contributed by atoms with van der Waals surface area (Å²) < 4.78 is 5.47. The van der Waals surface area contributed by atoms with Gasteiger partial charge in [-0.15, -0.1) is 0 Å². The summed E-state index contributed by atoms with van der Waals surface area (Å²) in [6.45, 7) is 11.0. The van der Waals surface area contributed by atoms with Crippen LogP contribution in [0, 0.1) is 25.7 Å². The van der Waals surface area contributed by atoms with Gasteiger partial charge in [0.05, 0.1) is 5.69 Å². The third kappa shape index (κ3) is 5.03. The smallest absolute Gasteiger partial charge is 0.263 e. The molecular formula is C24H31N5O2. The van der Waals surface area contributed by atoms with Crippen LogP contribution in [-0.4, -0.2) is 34.1 Å². The number of nitrogens with one attached hydrogen (secondary N) is 1. The van der Waals surface area contributed by atoms with Crippen molar-refractivity contribution in [3.8, 4) is 0 Å². The van der Waals surface area contributed by atoms with Gasteiger partial charge in [-0.2, -0.15) is 4.98 Å². The number of aromatic nitrogens is 3. The lowest BCUT2D eigenvalue weighted by Gasteiger charge is -2.36. The molecule has 0 spiro atoms. The topological polar surface area (TPSA) is 84.2 Å². The summed E-state index contributed by atoms with van der Waals surface area (Å²) in [6.07, 6.45) is 2.01. The van der Waals surface area contributed by atoms with Crippen molar-refractivity contribution in [2.24, 2.45) is 11.8 Å². The van der Waals surface area contributed by atoms with Crippen molar-refractivity contribution < 1.29 is 9.32 Å². The summed E-state index contributed by atoms with van der Waals surface area (Å²) in [5, 5.41) is 7.97. The number of aryl methyl sites for hydroxylation is 3. The maximum absolute atomic E-state index is 12.4. The van der Waals surface area contributed by atoms with E-state index in [2.05, 4.69) is 41.1 Å². The molecule has 4 rings (SSSR count). The Kier molecular flexibility index (Phi) is 6.20. The van der Waals surface area contributed by atoms with Gasteiger partial charge in [-0.1, -0.05) is 48.8 Å². The van der Waals surface area contributed by atoms with E-state index in [0.717, 1.165) is 35.6 Å². The quantitative estimate of drug-likeness (QED) is 0.648. The number of hydrogen-bond acceptors (Lipinski definition) is 6. The molecule has 1 fully saturated rings. The molecule has 0 radical (unpaired) electrons. The zero-order valence-electron chi connectivity index (χ0n) is 18.8. The van der Waals surface area contributed by atoms with Gasteiger partial charge >= 0.3 is 0 Å². The predicted octanol–water partition coefficient (Wildman–Crippen LogP) is 3.97. The molecule has 31 heavy (non-hydrogen) atoms. The zero-order chi connectivity index (χ0) is 22.0. The Morgan fingerprint density at radius 1 is 1.13 bits per heavy atom. The number of fused-ring (bicyclic) bond motifs is 1. The molecule has 0 bridgehead atoms. The molecule has 2 atom stereocenters. The van der Waals surface area contributed by atoms with Gasteiger partial charge in [0.2, 0.25) is 5.91 Å². The van der Waals surface area contributed by atoms with Crippen LogP contribution in [0.2, 0.25) is 0 Å². The van der Waals surface area contributed by atoms with Crippen molar-refractivity contribution in [1.29, 1.82) is 0 Å². The first kappa shape index (κ1) is 21.3. The van der Waals surface area contributed by atoms with Crippen LogP contribution in [0.25, 0.3) is 11.1 Å². The van der Waals surface area contributed by atoms with Gasteiger partial charge in [-0.05, 0) is 37.7 Å². The number of carbonyl (C=O) groups excluding carboxylic acids is 1. The molecule has 1 amide bonds. The molecule has 1 N–H and O–H groups in total. The van der Waals surface area contributed by atoms with Crippen molar-refractivity contribution in [3.63, 3.8) is 0 Å². The largest absolute Gasteiger partial charge is 0.355 e. The van der Waals surface area contributed by atoms with Crippen LogP contribution in [0.1, 0.15) is 49.3 Å². The van der Waals surface area contributed by atoms with Crippen molar-refractivity contribution in [3.05, 3.63) is 46.9 Å². The Morgan fingerprint density at radius 2 is 1.84 bits per heavy atom. The fourth-order valence-electron chi connectivity index (χ4n) is 4.41. The third-order valence-electron chi connectivity index (χ3n) is 5.89. The first-order valence-corrected chi connectivity index (χ1v) is 11.1. The van der Waals surface area contributed by atoms with E-state index in [9.17, 15) is 4.79 Å². The first-order valence-electron chi connectivity index (χ1n) is 11.1. The molecule has 0 unspecified atom stereocenters. The monoisotopic (exact) mass is 421 g/mol. The minimum Gasteiger partial charge on any atom is -0.355 e. The molecule has 7 heteroatoms. The Balaban J connectivity index is 1.46. The van der Waals surface area contributed by atoms with Gasteiger partial charge in [0.1, 0.15) is 17.0 Å². The molecule has 164 valence electrons. The highest BCUT2D eigenvalue weighted by Gasteiger charge is 2.27. The lowest BCUT2D eigenvalue weighted by Crippen LogP contribution is -2.39. The fourth-order valence-corrected chi connectivity index (χ4v) is 4.41. The predicted molar refractivity (Wildman–Crippen MR) is 121 cm³/mol. The molecule has 3 aromatic rings. The van der Waals surface area contributed by atoms with E-state index < -0.39 is 0 Å². The second-order valence-corrected chi connectivity index (χ2v) is 9.02. The van der Waals surface area contributed by atoms with Crippen molar-refractivity contribution >= 4 is 22.8 Å². The molecule has 2 aromatic heterocycles. The molecule has 1 aliphatic rings. The van der Waals surface area contributed by atoms with Crippen molar-refractivity contribution in [1.82, 2.24) is 20.4 Å². The van der Waals surface area contributed by atoms with Gasteiger partial charge in [0, 0.05) is 32.5 Å². The van der Waals surface area contributed by atoms with Crippen molar-refractivity contribution in [2.45, 2.75) is 53.5 Å². The Labute approximate surface area is 183 Å². The Bertz CT molecular complexity index is 1050. The van der Waals surface area contributed by atoms with E-state index in [4.69, 9.17) is 9.51 Å². The number of anilines is 1. The SMILES string of the molecule is Cc1ccc(CNC(=O)CCc2nc(N3C[C@@H](C)C[C@H](C)C3)c3c(C)noc3n2)cc1. The molecule has 3 heterocycles. The van der Waals surface area contributed by atoms with E-state index in [0.29, 0.717) is 42.8 Å². The van der Waals surface area contributed by atoms with Crippen molar-refractivity contribution in [2.75, 3.05) is 18.0 Å². The van der Waals surface area contributed by atoms with Crippen LogP contribution in [-0.2, 0) is 17.8 Å². The second kappa shape index (κ2) is 9.04. The van der Waals surface area contributed by atoms with Crippen LogP contribution < -0.4 is 10.2 Å². The van der Waals surface area contributed by atoms with Crippen LogP contribution in [0.15, 0.2) is 28.8 Å². The highest BCUT2D eigenvalue weighted by Crippen LogP contribution is 2.31. The molecule has 0 saturated carbocycles. The summed E-state index contributed by atoms with van der Waals surface area (Å²) in [4.78, 5) is 24.1. The lowest BCUT2D eigenvalue weighted by molar-refractivity contribution is -0.121. The number of piperidine rings is 1. The zero-order valence-corrected chi connectivity index (χ0v) is 18.8. The number of hydrogen-bond donors (Lipinski definition) is 1. The number of nitrogens with zero attached hydrogens (tertiary/aromatic N) is 4. The highest BCUT2D eigenvalue weighted by atomic mass is 16.5. The van der Waals surface area contributed by atoms with Crippen LogP contribution >= 0.6 is 0 Å². The molecular weight excluding hydrogens is 390 g/mol. The average Bonchev–Trinajstić information content (AvgIpc) is 3.11. The van der Waals surface area contributed by atoms with E-state index in [1.165, 1.54) is 12.0 Å². The van der Waals surface area contributed by atoms with Crippen LogP contribution in [0.5, 0.6) is 0 Å². The fraction of sp³-hybridized carbons (Fsp3) is 0.500. The van der Waals surface area contributed by atoms with Gasteiger partial charge in [-0.3, -0.25) is 4.79 Å². The third-order valence-corrected chi connectivity index (χ3v) is 5.89. The van der Waals surface area contributed by atoms with Gasteiger partial charge in [0.15, 0.2) is 0 Å². The van der Waals surface area contributed by atoms with E-state index in [-0.39, 0.29) is 5.91 Å². The summed E-state index contributed by atoms with van der Waals surface area (Å²) >= 11 is 0. The molecule has 1 saturated heterocycles. The normalized spacial score (nSPS) is 19.0. The molecule has 0 aliphatic carbocycles. The van der Waals surface area contributed by atoms with Gasteiger partial charge in [0.25, 0.3) is 5.71 Å². The maximum atomic E-state index is 12.4. The van der Waals surface area contributed by atoms with E-state index in [1.807, 2.05) is 31.2 Å². The lowest BCUT2D eigenvalue weighted by atomic mass is 9.92. The maximum Gasteiger partial charge on any atom is 0.263 e. The van der Waals surface area contributed by atoms with Crippen LogP contribution in [0.3, 0.4) is 0 Å². The minimum absolute atomic E-state index is 0.0141. The Hall–Kier alpha value is -2.96. The second-order valence-electron chi connectivity index (χ2n) is 9.02. The number of benzene rings is 1. The minimum atomic E-state index is -0.0141. The van der Waals surface area contributed by atoms with Gasteiger partial charge in [-0.25, -0.2) is 4.98 Å². The first-order chi connectivity index (χ1) is 14.9. The molecule has 1 aromatic carbocycles. The number of amides is 1. The van der Waals surface area contributed by atoms with E-state index in [1.54, 1.807) is 0 Å². The standard InChI is InChI=1S/C24H31N5O2/c1-15-5-7-19(8-6-15)12-25-21(30)10-9-20-26-23(22-18(4)28-31-24(22)27-20)29-13-16(2)11-17(3)14-29/h5-8,16-17H,9-14H2,1-4H3,(H,25,30)/t16-,17-/m0/s1. The number of carbonyl (C=O) groups is 1. The Morgan fingerprint density at radius 3 is 2.55 bits per heavy atom. The number of rotatable bonds is 6. The molecule has 1 aliphatic heterocycles. The summed E-state index contributed by atoms with van der Waals surface area (Å²) in [6, 6.07) is 8.17. The molecule has 7 nitrogen and oxygen atoms in total. The summed E-state index contributed by atoms with van der Waals surface area (Å²) in [5.74, 6) is 2.70. The highest BCUT2D eigenvalue weighted by molar-refractivity contribution is 5.88. The van der Waals surface area contributed by atoms with Crippen LogP contribution in [0.4, 0.5) is 5.82 Å². The van der Waals surface area contributed by atoms with E-state index >= 15 is 0 Å². The summed E-state index contributed by atoms with van der Waals surface area (Å²) in [5.41, 5.74) is 3.60. The average molecular weight is 422 g/mol. The summed E-state index contributed by atoms with van der Waals surface area (Å²) in [7, 11) is 0.